The number of piperazine rings is 1. The first-order valence-corrected chi connectivity index (χ1v) is 7.04. The Kier molecular flexibility index (Phi) is 4.59. The van der Waals surface area contributed by atoms with Gasteiger partial charge in [0.1, 0.15) is 0 Å². The van der Waals surface area contributed by atoms with Crippen molar-refractivity contribution in [3.05, 3.63) is 0 Å². The van der Waals surface area contributed by atoms with Gasteiger partial charge in [-0.15, -0.1) is 0 Å². The number of nitrogens with zero attached hydrogens (tertiary/aromatic N) is 2. The van der Waals surface area contributed by atoms with Crippen LogP contribution in [0.25, 0.3) is 0 Å². The number of carbonyl (C=O) groups is 1. The molecule has 0 aromatic heterocycles. The molecule has 0 aromatic carbocycles. The molecule has 0 aromatic rings. The zero-order chi connectivity index (χ0) is 13.1. The van der Waals surface area contributed by atoms with Crippen LogP contribution in [0.2, 0.25) is 0 Å². The number of aliphatic hydroxyl groups is 1. The van der Waals surface area contributed by atoms with E-state index >= 15 is 0 Å². The van der Waals surface area contributed by atoms with E-state index in [1.807, 2.05) is 11.8 Å². The van der Waals surface area contributed by atoms with Crippen LogP contribution in [0.4, 0.5) is 0 Å². The molecule has 0 bridgehead atoms. The first-order valence-electron chi connectivity index (χ1n) is 7.04. The molecule has 104 valence electrons. The van der Waals surface area contributed by atoms with Crippen molar-refractivity contribution in [2.45, 2.75) is 44.9 Å². The van der Waals surface area contributed by atoms with Crippen LogP contribution in [-0.4, -0.2) is 71.7 Å². The molecule has 2 N–H and O–H groups in total. The van der Waals surface area contributed by atoms with E-state index in [0.717, 1.165) is 45.6 Å². The van der Waals surface area contributed by atoms with Crippen molar-refractivity contribution >= 4 is 5.91 Å². The summed E-state index contributed by atoms with van der Waals surface area (Å²) in [6.07, 6.45) is 1.60. The van der Waals surface area contributed by atoms with Gasteiger partial charge in [0.25, 0.3) is 0 Å². The number of rotatable bonds is 3. The number of hydrogen-bond donors (Lipinski definition) is 2. The maximum Gasteiger partial charge on any atom is 0.240 e. The van der Waals surface area contributed by atoms with Crippen LogP contribution in [0.1, 0.15) is 26.7 Å². The summed E-state index contributed by atoms with van der Waals surface area (Å²) in [7, 11) is 0. The fourth-order valence-corrected chi connectivity index (χ4v) is 2.91. The second kappa shape index (κ2) is 5.99. The molecule has 2 aliphatic rings. The summed E-state index contributed by atoms with van der Waals surface area (Å²) in [5.74, 6) is 0.251. The predicted octanol–water partition coefficient (Wildman–Crippen LogP) is -0.348. The van der Waals surface area contributed by atoms with Crippen LogP contribution in [0, 0.1) is 0 Å². The van der Waals surface area contributed by atoms with Gasteiger partial charge in [0.2, 0.25) is 5.91 Å². The third kappa shape index (κ3) is 2.84. The van der Waals surface area contributed by atoms with E-state index < -0.39 is 0 Å². The highest BCUT2D eigenvalue weighted by Crippen LogP contribution is 2.23. The van der Waals surface area contributed by atoms with Gasteiger partial charge < -0.3 is 15.3 Å². The molecule has 18 heavy (non-hydrogen) atoms. The maximum absolute atomic E-state index is 12.5. The van der Waals surface area contributed by atoms with Crippen LogP contribution in [0.5, 0.6) is 0 Å². The summed E-state index contributed by atoms with van der Waals surface area (Å²) >= 11 is 0. The summed E-state index contributed by atoms with van der Waals surface area (Å²) in [5, 5.41) is 13.0. The van der Waals surface area contributed by atoms with E-state index in [1.165, 1.54) is 0 Å². The van der Waals surface area contributed by atoms with Crippen LogP contribution < -0.4 is 5.32 Å². The number of nitrogens with one attached hydrogen (secondary N) is 1. The molecule has 0 spiro atoms. The molecule has 3 unspecified atom stereocenters. The van der Waals surface area contributed by atoms with Crippen molar-refractivity contribution in [2.75, 3.05) is 32.7 Å². The average molecular weight is 255 g/mol. The highest BCUT2D eigenvalue weighted by Gasteiger charge is 2.37. The Hall–Kier alpha value is -0.650. The van der Waals surface area contributed by atoms with Gasteiger partial charge in [-0.25, -0.2) is 0 Å². The highest BCUT2D eigenvalue weighted by molar-refractivity contribution is 5.82. The zero-order valence-corrected chi connectivity index (χ0v) is 11.4. The summed E-state index contributed by atoms with van der Waals surface area (Å²) in [6.45, 7) is 8.14. The zero-order valence-electron chi connectivity index (χ0n) is 11.4. The normalized spacial score (nSPS) is 29.3. The topological polar surface area (TPSA) is 55.8 Å². The quantitative estimate of drug-likeness (QED) is 0.724. The molecule has 0 saturated carbocycles. The first kappa shape index (κ1) is 13.8. The van der Waals surface area contributed by atoms with E-state index in [-0.39, 0.29) is 24.1 Å². The largest absolute Gasteiger partial charge is 0.392 e. The van der Waals surface area contributed by atoms with Crippen LogP contribution >= 0.6 is 0 Å². The summed E-state index contributed by atoms with van der Waals surface area (Å²) < 4.78 is 0. The van der Waals surface area contributed by atoms with Gasteiger partial charge in [-0.1, -0.05) is 0 Å². The molecule has 3 atom stereocenters. The highest BCUT2D eigenvalue weighted by atomic mass is 16.3. The first-order chi connectivity index (χ1) is 8.61. The average Bonchev–Trinajstić information content (AvgIpc) is 2.87. The lowest BCUT2D eigenvalue weighted by Crippen LogP contribution is -2.55. The molecular formula is C13H25N3O2. The van der Waals surface area contributed by atoms with Gasteiger partial charge in [-0.3, -0.25) is 9.69 Å². The molecule has 2 fully saturated rings. The molecule has 2 heterocycles. The Bertz CT molecular complexity index is 290. The standard InChI is InChI=1S/C13H25N3O2/c1-10(11(2)17)16-7-3-4-12(16)13(18)15-8-5-14-6-9-15/h10-12,14,17H,3-9H2,1-2H3. The van der Waals surface area contributed by atoms with Crippen molar-refractivity contribution in [3.63, 3.8) is 0 Å². The monoisotopic (exact) mass is 255 g/mol. The number of likely N-dealkylation sites (tertiary alicyclic amines) is 1. The lowest BCUT2D eigenvalue weighted by Gasteiger charge is -2.36. The van der Waals surface area contributed by atoms with Gasteiger partial charge in [0.05, 0.1) is 12.1 Å². The Labute approximate surface area is 109 Å². The number of aliphatic hydroxyl groups excluding tert-OH is 1. The molecule has 2 rings (SSSR count). The molecule has 2 aliphatic heterocycles. The van der Waals surface area contributed by atoms with E-state index in [4.69, 9.17) is 0 Å². The van der Waals surface area contributed by atoms with E-state index in [9.17, 15) is 9.90 Å². The van der Waals surface area contributed by atoms with Gasteiger partial charge in [0.15, 0.2) is 0 Å². The van der Waals surface area contributed by atoms with Gasteiger partial charge in [-0.05, 0) is 33.2 Å². The molecule has 1 amide bonds. The molecule has 2 saturated heterocycles. The predicted molar refractivity (Wildman–Crippen MR) is 70.3 cm³/mol. The minimum atomic E-state index is -0.388. The van der Waals surface area contributed by atoms with E-state index in [0.29, 0.717) is 0 Å². The third-order valence-corrected chi connectivity index (χ3v) is 4.23. The number of carbonyl (C=O) groups excluding carboxylic acids is 1. The van der Waals surface area contributed by atoms with Crippen LogP contribution in [-0.2, 0) is 4.79 Å². The Morgan fingerprint density at radius 3 is 2.56 bits per heavy atom. The lowest BCUT2D eigenvalue weighted by molar-refractivity contribution is -0.137. The van der Waals surface area contributed by atoms with E-state index in [1.54, 1.807) is 6.92 Å². The molecule has 0 radical (unpaired) electrons. The van der Waals surface area contributed by atoms with Crippen molar-refractivity contribution in [1.29, 1.82) is 0 Å². The summed E-state index contributed by atoms with van der Waals surface area (Å²) in [5.41, 5.74) is 0. The molecule has 0 aliphatic carbocycles. The Morgan fingerprint density at radius 1 is 1.28 bits per heavy atom. The number of amides is 1. The SMILES string of the molecule is CC(O)C(C)N1CCCC1C(=O)N1CCNCC1. The minimum absolute atomic E-state index is 0.0206. The van der Waals surface area contributed by atoms with Crippen molar-refractivity contribution < 1.29 is 9.90 Å². The second-order valence-corrected chi connectivity index (χ2v) is 5.45. The number of hydrogen-bond acceptors (Lipinski definition) is 4. The summed E-state index contributed by atoms with van der Waals surface area (Å²) in [6, 6.07) is 0.0389. The third-order valence-electron chi connectivity index (χ3n) is 4.23. The lowest BCUT2D eigenvalue weighted by atomic mass is 10.1. The fraction of sp³-hybridized carbons (Fsp3) is 0.923. The second-order valence-electron chi connectivity index (χ2n) is 5.45. The molecular weight excluding hydrogens is 230 g/mol. The molecule has 5 heteroatoms. The van der Waals surface area contributed by atoms with Crippen molar-refractivity contribution in [3.8, 4) is 0 Å². The van der Waals surface area contributed by atoms with Crippen LogP contribution in [0.3, 0.4) is 0 Å². The van der Waals surface area contributed by atoms with Gasteiger partial charge >= 0.3 is 0 Å². The molecule has 5 nitrogen and oxygen atoms in total. The maximum atomic E-state index is 12.5. The minimum Gasteiger partial charge on any atom is -0.392 e. The van der Waals surface area contributed by atoms with Crippen molar-refractivity contribution in [1.82, 2.24) is 15.1 Å². The van der Waals surface area contributed by atoms with E-state index in [2.05, 4.69) is 10.2 Å². The van der Waals surface area contributed by atoms with Gasteiger partial charge in [0, 0.05) is 32.2 Å². The summed E-state index contributed by atoms with van der Waals surface area (Å²) in [4.78, 5) is 16.7. The fourth-order valence-electron chi connectivity index (χ4n) is 2.91. The van der Waals surface area contributed by atoms with Crippen LogP contribution in [0.15, 0.2) is 0 Å². The Balaban J connectivity index is 1.99. The van der Waals surface area contributed by atoms with Gasteiger partial charge in [-0.2, -0.15) is 0 Å². The Morgan fingerprint density at radius 2 is 1.94 bits per heavy atom. The van der Waals surface area contributed by atoms with Crippen molar-refractivity contribution in [2.24, 2.45) is 0 Å². The smallest absolute Gasteiger partial charge is 0.240 e.